The van der Waals surface area contributed by atoms with Crippen LogP contribution in [0.15, 0.2) is 79.4 Å². The molecule has 0 aliphatic rings. The average molecular weight is 558 g/mol. The number of phenols is 1. The van der Waals surface area contributed by atoms with Crippen molar-refractivity contribution in [1.29, 1.82) is 0 Å². The first-order valence-corrected chi connectivity index (χ1v) is 13.6. The fourth-order valence-electron chi connectivity index (χ4n) is 4.43. The van der Waals surface area contributed by atoms with E-state index < -0.39 is 35.6 Å². The van der Waals surface area contributed by atoms with Crippen molar-refractivity contribution in [3.63, 3.8) is 0 Å². The van der Waals surface area contributed by atoms with E-state index in [1.165, 1.54) is 17.0 Å². The van der Waals surface area contributed by atoms with Gasteiger partial charge in [0.2, 0.25) is 5.91 Å². The molecule has 0 aliphatic carbocycles. The smallest absolute Gasteiger partial charge is 0.408 e. The Kier molecular flexibility index (Phi) is 10.3. The fourth-order valence-corrected chi connectivity index (χ4v) is 4.43. The maximum absolute atomic E-state index is 14.2. The van der Waals surface area contributed by atoms with Gasteiger partial charge in [0.1, 0.15) is 23.4 Å². The topological polar surface area (TPSA) is 108 Å². The van der Waals surface area contributed by atoms with Gasteiger partial charge in [-0.05, 0) is 81.1 Å². The SMILES string of the molecule is C=Cc1cccc(C(C(=O)Nc2ccccc2C)N(CC)C(=O)C(Cc2ccc(O)cc2)NC(=O)OC(C)(C)C)c1. The largest absolute Gasteiger partial charge is 0.508 e. The molecular weight excluding hydrogens is 518 g/mol. The van der Waals surface area contributed by atoms with Crippen molar-refractivity contribution < 1.29 is 24.2 Å². The van der Waals surface area contributed by atoms with Crippen LogP contribution in [0.4, 0.5) is 10.5 Å². The second-order valence-corrected chi connectivity index (χ2v) is 10.8. The molecule has 0 fully saturated rings. The number of ether oxygens (including phenoxy) is 1. The zero-order chi connectivity index (χ0) is 30.2. The Morgan fingerprint density at radius 3 is 2.32 bits per heavy atom. The molecule has 0 aliphatic heterocycles. The van der Waals surface area contributed by atoms with Crippen molar-refractivity contribution in [3.05, 3.63) is 102 Å². The van der Waals surface area contributed by atoms with Gasteiger partial charge in [0.05, 0.1) is 0 Å². The van der Waals surface area contributed by atoms with Gasteiger partial charge < -0.3 is 25.4 Å². The van der Waals surface area contributed by atoms with Gasteiger partial charge >= 0.3 is 6.09 Å². The molecule has 216 valence electrons. The number of amides is 3. The van der Waals surface area contributed by atoms with Crippen LogP contribution in [0.3, 0.4) is 0 Å². The van der Waals surface area contributed by atoms with E-state index in [0.717, 1.165) is 11.1 Å². The molecule has 41 heavy (non-hydrogen) atoms. The van der Waals surface area contributed by atoms with Crippen LogP contribution in [0.1, 0.15) is 56.0 Å². The number of hydrogen-bond acceptors (Lipinski definition) is 5. The lowest BCUT2D eigenvalue weighted by Crippen LogP contribution is -2.53. The zero-order valence-corrected chi connectivity index (χ0v) is 24.3. The highest BCUT2D eigenvalue weighted by Gasteiger charge is 2.36. The minimum atomic E-state index is -1.05. The summed E-state index contributed by atoms with van der Waals surface area (Å²) < 4.78 is 5.45. The summed E-state index contributed by atoms with van der Waals surface area (Å²) in [5, 5.41) is 15.4. The van der Waals surface area contributed by atoms with Gasteiger partial charge in [-0.25, -0.2) is 4.79 Å². The number of nitrogens with zero attached hydrogens (tertiary/aromatic N) is 1. The Labute approximate surface area is 242 Å². The van der Waals surface area contributed by atoms with Crippen LogP contribution in [0.5, 0.6) is 5.75 Å². The second kappa shape index (κ2) is 13.7. The number of anilines is 1. The lowest BCUT2D eigenvalue weighted by atomic mass is 9.98. The molecule has 3 aromatic carbocycles. The van der Waals surface area contributed by atoms with Crippen LogP contribution >= 0.6 is 0 Å². The molecule has 0 heterocycles. The lowest BCUT2D eigenvalue weighted by molar-refractivity contribution is -0.140. The Balaban J connectivity index is 2.04. The number of likely N-dealkylation sites (N-methyl/N-ethyl adjacent to an activating group) is 1. The summed E-state index contributed by atoms with van der Waals surface area (Å²) in [6.07, 6.45) is 1.05. The molecule has 3 amide bonds. The summed E-state index contributed by atoms with van der Waals surface area (Å²) in [6.45, 7) is 12.9. The highest BCUT2D eigenvalue weighted by molar-refractivity contribution is 5.99. The lowest BCUT2D eigenvalue weighted by Gasteiger charge is -2.34. The molecule has 0 saturated heterocycles. The van der Waals surface area contributed by atoms with E-state index in [9.17, 15) is 19.5 Å². The highest BCUT2D eigenvalue weighted by atomic mass is 16.6. The number of para-hydroxylation sites is 1. The summed E-state index contributed by atoms with van der Waals surface area (Å²) in [4.78, 5) is 42.5. The predicted molar refractivity (Wildman–Crippen MR) is 161 cm³/mol. The molecule has 8 heteroatoms. The number of carbonyl (C=O) groups excluding carboxylic acids is 3. The first-order valence-electron chi connectivity index (χ1n) is 13.6. The number of benzene rings is 3. The van der Waals surface area contributed by atoms with E-state index in [0.29, 0.717) is 16.8 Å². The first-order chi connectivity index (χ1) is 19.4. The molecule has 8 nitrogen and oxygen atoms in total. The molecule has 0 radical (unpaired) electrons. The van der Waals surface area contributed by atoms with E-state index >= 15 is 0 Å². The van der Waals surface area contributed by atoms with Gasteiger partial charge in [-0.3, -0.25) is 9.59 Å². The number of aromatic hydroxyl groups is 1. The fraction of sp³-hybridized carbons (Fsp3) is 0.303. The molecule has 0 bridgehead atoms. The number of phenolic OH excluding ortho intramolecular Hbond substituents is 1. The molecule has 0 saturated carbocycles. The summed E-state index contributed by atoms with van der Waals surface area (Å²) in [6, 6.07) is 19.0. The third-order valence-electron chi connectivity index (χ3n) is 6.41. The Hall–Kier alpha value is -4.59. The van der Waals surface area contributed by atoms with Crippen molar-refractivity contribution in [2.24, 2.45) is 0 Å². The zero-order valence-electron chi connectivity index (χ0n) is 24.3. The summed E-state index contributed by atoms with van der Waals surface area (Å²) in [7, 11) is 0. The molecule has 3 rings (SSSR count). The number of nitrogens with one attached hydrogen (secondary N) is 2. The molecular formula is C33H39N3O5. The minimum Gasteiger partial charge on any atom is -0.508 e. The Bertz CT molecular complexity index is 1380. The van der Waals surface area contributed by atoms with Gasteiger partial charge in [-0.2, -0.15) is 0 Å². The number of carbonyl (C=O) groups is 3. The molecule has 0 spiro atoms. The van der Waals surface area contributed by atoms with Crippen molar-refractivity contribution >= 4 is 29.7 Å². The van der Waals surface area contributed by atoms with Crippen LogP contribution in [0, 0.1) is 6.92 Å². The number of hydrogen-bond donors (Lipinski definition) is 3. The summed E-state index contributed by atoms with van der Waals surface area (Å²) in [5.41, 5.74) is 2.85. The van der Waals surface area contributed by atoms with Crippen LogP contribution < -0.4 is 10.6 Å². The predicted octanol–water partition coefficient (Wildman–Crippen LogP) is 6.01. The Morgan fingerprint density at radius 2 is 1.71 bits per heavy atom. The normalized spacial score (nSPS) is 12.5. The molecule has 3 aromatic rings. The van der Waals surface area contributed by atoms with Gasteiger partial charge in [-0.1, -0.05) is 61.2 Å². The maximum atomic E-state index is 14.2. The molecule has 2 unspecified atom stereocenters. The van der Waals surface area contributed by atoms with Gasteiger partial charge in [0.25, 0.3) is 5.91 Å². The van der Waals surface area contributed by atoms with E-state index in [1.54, 1.807) is 58.0 Å². The first kappa shape index (κ1) is 30.9. The third kappa shape index (κ3) is 8.70. The summed E-state index contributed by atoms with van der Waals surface area (Å²) >= 11 is 0. The van der Waals surface area contributed by atoms with Crippen LogP contribution in [0.25, 0.3) is 6.08 Å². The summed E-state index contributed by atoms with van der Waals surface area (Å²) in [5.74, 6) is -0.765. The van der Waals surface area contributed by atoms with E-state index in [1.807, 2.05) is 43.3 Å². The van der Waals surface area contributed by atoms with Crippen LogP contribution in [-0.2, 0) is 20.7 Å². The van der Waals surface area contributed by atoms with Crippen molar-refractivity contribution in [2.45, 2.75) is 58.7 Å². The van der Waals surface area contributed by atoms with Crippen LogP contribution in [-0.4, -0.2) is 46.1 Å². The number of rotatable bonds is 10. The second-order valence-electron chi connectivity index (χ2n) is 10.8. The standard InChI is InChI=1S/C33H39N3O5/c1-7-23-13-11-14-25(20-23)29(30(38)34-27-15-10-9-12-22(27)3)36(8-2)31(39)28(35-32(40)41-33(4,5)6)21-24-16-18-26(37)19-17-24/h7,9-20,28-29,37H,1,8,21H2,2-6H3,(H,34,38)(H,35,40). The van der Waals surface area contributed by atoms with Gasteiger partial charge in [0, 0.05) is 18.7 Å². The van der Waals surface area contributed by atoms with E-state index in [4.69, 9.17) is 4.74 Å². The van der Waals surface area contributed by atoms with Crippen LogP contribution in [0.2, 0.25) is 0 Å². The molecule has 3 N–H and O–H groups in total. The quantitative estimate of drug-likeness (QED) is 0.283. The minimum absolute atomic E-state index is 0.0851. The van der Waals surface area contributed by atoms with E-state index in [-0.39, 0.29) is 18.7 Å². The van der Waals surface area contributed by atoms with Gasteiger partial charge in [-0.15, -0.1) is 0 Å². The van der Waals surface area contributed by atoms with E-state index in [2.05, 4.69) is 17.2 Å². The maximum Gasteiger partial charge on any atom is 0.408 e. The number of aryl methyl sites for hydroxylation is 1. The number of alkyl carbamates (subject to hydrolysis) is 1. The van der Waals surface area contributed by atoms with Crippen molar-refractivity contribution in [3.8, 4) is 5.75 Å². The monoisotopic (exact) mass is 557 g/mol. The van der Waals surface area contributed by atoms with Crippen molar-refractivity contribution in [1.82, 2.24) is 10.2 Å². The highest BCUT2D eigenvalue weighted by Crippen LogP contribution is 2.27. The average Bonchev–Trinajstić information content (AvgIpc) is 2.92. The van der Waals surface area contributed by atoms with Gasteiger partial charge in [0.15, 0.2) is 0 Å². The van der Waals surface area contributed by atoms with Crippen molar-refractivity contribution in [2.75, 3.05) is 11.9 Å². The molecule has 0 aromatic heterocycles. The third-order valence-corrected chi connectivity index (χ3v) is 6.41. The molecule has 2 atom stereocenters. The Morgan fingerprint density at radius 1 is 1.02 bits per heavy atom.